The number of rotatable bonds is 5. The lowest BCUT2D eigenvalue weighted by molar-refractivity contribution is 0.0672. The number of benzene rings is 1. The summed E-state index contributed by atoms with van der Waals surface area (Å²) >= 11 is 0. The Morgan fingerprint density at radius 1 is 1.48 bits per heavy atom. The van der Waals surface area contributed by atoms with Crippen LogP contribution in [0.1, 0.15) is 23.2 Å². The lowest BCUT2D eigenvalue weighted by atomic mass is 9.97. The van der Waals surface area contributed by atoms with Gasteiger partial charge in [-0.1, -0.05) is 0 Å². The molecule has 6 nitrogen and oxygen atoms in total. The van der Waals surface area contributed by atoms with Crippen molar-refractivity contribution in [2.24, 2.45) is 5.92 Å². The molecule has 8 heteroatoms. The summed E-state index contributed by atoms with van der Waals surface area (Å²) in [5, 5.41) is 0. The highest BCUT2D eigenvalue weighted by molar-refractivity contribution is 7.88. The van der Waals surface area contributed by atoms with Crippen molar-refractivity contribution in [3.05, 3.63) is 29.6 Å². The number of hydrogen-bond acceptors (Lipinski definition) is 4. The molecule has 0 saturated carbocycles. The summed E-state index contributed by atoms with van der Waals surface area (Å²) < 4.78 is 43.4. The molecule has 1 atom stereocenters. The SMILES string of the molecule is COc1ccc(F)cc1C(=O)N1CCC[C@H](CNS(C)(=O)=O)C1. The molecule has 1 saturated heterocycles. The van der Waals surface area contributed by atoms with Gasteiger partial charge in [-0.2, -0.15) is 0 Å². The van der Waals surface area contributed by atoms with Gasteiger partial charge in [0.2, 0.25) is 10.0 Å². The second kappa shape index (κ2) is 7.27. The largest absolute Gasteiger partial charge is 0.496 e. The third-order valence-corrected chi connectivity index (χ3v) is 4.52. The summed E-state index contributed by atoms with van der Waals surface area (Å²) in [5.41, 5.74) is 0.184. The van der Waals surface area contributed by atoms with Crippen LogP contribution in [-0.4, -0.2) is 52.2 Å². The number of halogens is 1. The molecule has 2 rings (SSSR count). The molecule has 1 N–H and O–H groups in total. The summed E-state index contributed by atoms with van der Waals surface area (Å²) in [6.07, 6.45) is 2.72. The van der Waals surface area contributed by atoms with E-state index in [9.17, 15) is 17.6 Å². The molecule has 128 valence electrons. The van der Waals surface area contributed by atoms with Crippen LogP contribution >= 0.6 is 0 Å². The number of methoxy groups -OCH3 is 1. The Morgan fingerprint density at radius 2 is 2.22 bits per heavy atom. The third kappa shape index (κ3) is 4.90. The van der Waals surface area contributed by atoms with Gasteiger partial charge in [-0.25, -0.2) is 17.5 Å². The Balaban J connectivity index is 2.09. The van der Waals surface area contributed by atoms with Crippen LogP contribution in [0.5, 0.6) is 5.75 Å². The molecule has 1 aliphatic rings. The second-order valence-corrected chi connectivity index (χ2v) is 7.56. The maximum Gasteiger partial charge on any atom is 0.257 e. The van der Waals surface area contributed by atoms with Crippen LogP contribution in [0.15, 0.2) is 18.2 Å². The molecule has 0 radical (unpaired) electrons. The Labute approximate surface area is 135 Å². The number of likely N-dealkylation sites (tertiary alicyclic amines) is 1. The summed E-state index contributed by atoms with van der Waals surface area (Å²) in [5.74, 6) is -0.429. The first-order chi connectivity index (χ1) is 10.8. The highest BCUT2D eigenvalue weighted by atomic mass is 32.2. The van der Waals surface area contributed by atoms with Gasteiger partial charge in [-0.15, -0.1) is 0 Å². The van der Waals surface area contributed by atoms with E-state index in [1.807, 2.05) is 0 Å². The Hall–Kier alpha value is -1.67. The predicted molar refractivity (Wildman–Crippen MR) is 84.4 cm³/mol. The van der Waals surface area contributed by atoms with Crippen molar-refractivity contribution < 1.29 is 22.3 Å². The number of nitrogens with zero attached hydrogens (tertiary/aromatic N) is 1. The average Bonchev–Trinajstić information content (AvgIpc) is 2.52. The first-order valence-corrected chi connectivity index (χ1v) is 9.26. The molecule has 0 aromatic heterocycles. The van der Waals surface area contributed by atoms with E-state index in [0.717, 1.165) is 19.1 Å². The summed E-state index contributed by atoms with van der Waals surface area (Å²) in [6.45, 7) is 1.29. The van der Waals surface area contributed by atoms with E-state index >= 15 is 0 Å². The molecule has 1 aromatic carbocycles. The van der Waals surface area contributed by atoms with E-state index in [4.69, 9.17) is 4.74 Å². The fraction of sp³-hybridized carbons (Fsp3) is 0.533. The van der Waals surface area contributed by atoms with E-state index in [1.54, 1.807) is 4.90 Å². The number of carbonyl (C=O) groups is 1. The first kappa shape index (κ1) is 17.7. The zero-order chi connectivity index (χ0) is 17.0. The van der Waals surface area contributed by atoms with Crippen LogP contribution in [0.2, 0.25) is 0 Å². The second-order valence-electron chi connectivity index (χ2n) is 5.72. The maximum absolute atomic E-state index is 13.4. The maximum atomic E-state index is 13.4. The molecule has 0 spiro atoms. The normalized spacial score (nSPS) is 18.7. The first-order valence-electron chi connectivity index (χ1n) is 7.37. The van der Waals surface area contributed by atoms with Crippen LogP contribution in [0.3, 0.4) is 0 Å². The molecule has 0 aliphatic carbocycles. The molecule has 1 fully saturated rings. The van der Waals surface area contributed by atoms with Crippen molar-refractivity contribution in [2.45, 2.75) is 12.8 Å². The van der Waals surface area contributed by atoms with Crippen molar-refractivity contribution >= 4 is 15.9 Å². The zero-order valence-electron chi connectivity index (χ0n) is 13.2. The van der Waals surface area contributed by atoms with Crippen molar-refractivity contribution in [1.82, 2.24) is 9.62 Å². The minimum absolute atomic E-state index is 0.0435. The molecule has 1 aromatic rings. The number of sulfonamides is 1. The quantitative estimate of drug-likeness (QED) is 0.872. The Bertz CT molecular complexity index is 678. The summed E-state index contributed by atoms with van der Waals surface area (Å²) in [6, 6.07) is 3.83. The van der Waals surface area contributed by atoms with Crippen molar-refractivity contribution in [3.8, 4) is 5.75 Å². The van der Waals surface area contributed by atoms with Crippen molar-refractivity contribution in [2.75, 3.05) is 33.0 Å². The topological polar surface area (TPSA) is 75.7 Å². The summed E-state index contributed by atoms with van der Waals surface area (Å²) in [4.78, 5) is 14.2. The zero-order valence-corrected chi connectivity index (χ0v) is 14.0. The number of piperidine rings is 1. The fourth-order valence-corrected chi connectivity index (χ4v) is 3.24. The van der Waals surface area contributed by atoms with Gasteiger partial charge in [0.15, 0.2) is 0 Å². The highest BCUT2D eigenvalue weighted by Crippen LogP contribution is 2.24. The van der Waals surface area contributed by atoms with Crippen LogP contribution in [-0.2, 0) is 10.0 Å². The van der Waals surface area contributed by atoms with E-state index in [1.165, 1.54) is 25.3 Å². The van der Waals surface area contributed by atoms with Gasteiger partial charge >= 0.3 is 0 Å². The predicted octanol–water partition coefficient (Wildman–Crippen LogP) is 1.24. The Morgan fingerprint density at radius 3 is 2.87 bits per heavy atom. The number of ether oxygens (including phenoxy) is 1. The third-order valence-electron chi connectivity index (χ3n) is 3.83. The molecule has 23 heavy (non-hydrogen) atoms. The standard InChI is InChI=1S/C15H21FN2O4S/c1-22-14-6-5-12(16)8-13(14)15(19)18-7-3-4-11(10-18)9-17-23(2,20)21/h5-6,8,11,17H,3-4,7,9-10H2,1-2H3/t11-/m1/s1. The molecule has 1 amide bonds. The lowest BCUT2D eigenvalue weighted by Crippen LogP contribution is -2.43. The van der Waals surface area contributed by atoms with Crippen molar-refractivity contribution in [1.29, 1.82) is 0 Å². The van der Waals surface area contributed by atoms with Crippen molar-refractivity contribution in [3.63, 3.8) is 0 Å². The van der Waals surface area contributed by atoms with Gasteiger partial charge in [0.25, 0.3) is 5.91 Å². The van der Waals surface area contributed by atoms with Gasteiger partial charge < -0.3 is 9.64 Å². The van der Waals surface area contributed by atoms with Gasteiger partial charge in [0.05, 0.1) is 18.9 Å². The monoisotopic (exact) mass is 344 g/mol. The van der Waals surface area contributed by atoms with Crippen LogP contribution in [0.25, 0.3) is 0 Å². The highest BCUT2D eigenvalue weighted by Gasteiger charge is 2.27. The fourth-order valence-electron chi connectivity index (χ4n) is 2.70. The van der Waals surface area contributed by atoms with E-state index in [2.05, 4.69) is 4.72 Å². The van der Waals surface area contributed by atoms with Crippen LogP contribution in [0.4, 0.5) is 4.39 Å². The van der Waals surface area contributed by atoms with Gasteiger partial charge in [0.1, 0.15) is 11.6 Å². The van der Waals surface area contributed by atoms with E-state index < -0.39 is 15.8 Å². The molecular weight excluding hydrogens is 323 g/mol. The number of hydrogen-bond donors (Lipinski definition) is 1. The van der Waals surface area contributed by atoms with Gasteiger partial charge in [-0.3, -0.25) is 4.79 Å². The molecule has 0 unspecified atom stereocenters. The smallest absolute Gasteiger partial charge is 0.257 e. The minimum atomic E-state index is -3.25. The summed E-state index contributed by atoms with van der Waals surface area (Å²) in [7, 11) is -1.82. The van der Waals surface area contributed by atoms with Gasteiger partial charge in [-0.05, 0) is 37.0 Å². The van der Waals surface area contributed by atoms with E-state index in [0.29, 0.717) is 25.4 Å². The number of carbonyl (C=O) groups excluding carboxylic acids is 1. The number of nitrogens with one attached hydrogen (secondary N) is 1. The Kier molecular flexibility index (Phi) is 5.59. The average molecular weight is 344 g/mol. The molecule has 0 bridgehead atoms. The molecular formula is C15H21FN2O4S. The van der Waals surface area contributed by atoms with E-state index in [-0.39, 0.29) is 17.4 Å². The van der Waals surface area contributed by atoms with Crippen LogP contribution in [0, 0.1) is 11.7 Å². The lowest BCUT2D eigenvalue weighted by Gasteiger charge is -2.33. The molecule has 1 heterocycles. The number of amides is 1. The molecule has 1 aliphatic heterocycles. The van der Waals surface area contributed by atoms with Gasteiger partial charge in [0, 0.05) is 19.6 Å². The van der Waals surface area contributed by atoms with Crippen LogP contribution < -0.4 is 9.46 Å². The minimum Gasteiger partial charge on any atom is -0.496 e.